The molecule has 2 fully saturated rings. The molecule has 0 bridgehead atoms. The molecule has 1 aliphatic heterocycles. The van der Waals surface area contributed by atoms with E-state index in [2.05, 4.69) is 5.32 Å². The van der Waals surface area contributed by atoms with Gasteiger partial charge in [-0.05, 0) is 62.6 Å². The highest BCUT2D eigenvalue weighted by atomic mass is 16.5. The molecule has 6 heteroatoms. The summed E-state index contributed by atoms with van der Waals surface area (Å²) in [7, 11) is 0. The van der Waals surface area contributed by atoms with E-state index in [0.717, 1.165) is 37.0 Å². The molecule has 1 saturated carbocycles. The quantitative estimate of drug-likeness (QED) is 0.727. The second-order valence-corrected chi connectivity index (χ2v) is 7.22. The van der Waals surface area contributed by atoms with Crippen LogP contribution in [0.4, 0.5) is 0 Å². The zero-order valence-electron chi connectivity index (χ0n) is 15.1. The van der Waals surface area contributed by atoms with Crippen molar-refractivity contribution in [3.63, 3.8) is 0 Å². The number of nitrogens with two attached hydrogens (primary N) is 1. The molecule has 1 aromatic carbocycles. The number of hydrogen-bond donors (Lipinski definition) is 2. The summed E-state index contributed by atoms with van der Waals surface area (Å²) in [5, 5.41) is 2.94. The topological polar surface area (TPSA) is 90.7 Å². The molecule has 3 N–H and O–H groups in total. The number of ether oxygens (including phenoxy) is 2. The van der Waals surface area contributed by atoms with Crippen LogP contribution in [0.1, 0.15) is 44.1 Å². The zero-order chi connectivity index (χ0) is 18.4. The van der Waals surface area contributed by atoms with Gasteiger partial charge >= 0.3 is 0 Å². The summed E-state index contributed by atoms with van der Waals surface area (Å²) in [4.78, 5) is 24.3. The van der Waals surface area contributed by atoms with E-state index >= 15 is 0 Å². The standard InChI is InChI=1S/C20H28N2O4/c21-19(23)18(20(24)22-15-9-11-25-12-10-15)13-14-5-7-17(8-6-14)26-16-3-1-2-4-16/h5-8,15-16,18H,1-4,9-13H2,(H2,21,23)(H,22,24). The van der Waals surface area contributed by atoms with Crippen LogP contribution < -0.4 is 15.8 Å². The van der Waals surface area contributed by atoms with Gasteiger partial charge < -0.3 is 20.5 Å². The maximum Gasteiger partial charge on any atom is 0.233 e. The van der Waals surface area contributed by atoms with Crippen molar-refractivity contribution < 1.29 is 19.1 Å². The van der Waals surface area contributed by atoms with Crippen LogP contribution in [0.5, 0.6) is 5.75 Å². The molecule has 0 aromatic heterocycles. The molecule has 1 aromatic rings. The lowest BCUT2D eigenvalue weighted by Gasteiger charge is -2.25. The van der Waals surface area contributed by atoms with Crippen molar-refractivity contribution in [3.8, 4) is 5.75 Å². The van der Waals surface area contributed by atoms with Crippen molar-refractivity contribution in [2.24, 2.45) is 11.7 Å². The smallest absolute Gasteiger partial charge is 0.233 e. The van der Waals surface area contributed by atoms with E-state index in [4.69, 9.17) is 15.2 Å². The summed E-state index contributed by atoms with van der Waals surface area (Å²) in [6.07, 6.45) is 6.82. The number of rotatable bonds is 7. The van der Waals surface area contributed by atoms with E-state index in [9.17, 15) is 9.59 Å². The van der Waals surface area contributed by atoms with Crippen molar-refractivity contribution in [2.45, 2.75) is 57.1 Å². The highest BCUT2D eigenvalue weighted by Gasteiger charge is 2.27. The van der Waals surface area contributed by atoms with Crippen molar-refractivity contribution in [1.82, 2.24) is 5.32 Å². The number of primary amides is 1. The monoisotopic (exact) mass is 360 g/mol. The minimum absolute atomic E-state index is 0.0558. The molecule has 1 unspecified atom stereocenters. The average Bonchev–Trinajstić information content (AvgIpc) is 3.14. The van der Waals surface area contributed by atoms with Crippen LogP contribution in [0, 0.1) is 5.92 Å². The third-order valence-corrected chi connectivity index (χ3v) is 5.20. The predicted octanol–water partition coefficient (Wildman–Crippen LogP) is 1.95. The summed E-state index contributed by atoms with van der Waals surface area (Å²) in [5.41, 5.74) is 6.38. The lowest BCUT2D eigenvalue weighted by atomic mass is 9.96. The first-order chi connectivity index (χ1) is 12.6. The van der Waals surface area contributed by atoms with Crippen molar-refractivity contribution in [1.29, 1.82) is 0 Å². The molecular formula is C20H28N2O4. The van der Waals surface area contributed by atoms with Crippen LogP contribution in [0.25, 0.3) is 0 Å². The minimum Gasteiger partial charge on any atom is -0.490 e. The zero-order valence-corrected chi connectivity index (χ0v) is 15.1. The third-order valence-electron chi connectivity index (χ3n) is 5.20. The Kier molecular flexibility index (Phi) is 6.50. The summed E-state index contributed by atoms with van der Waals surface area (Å²) in [6, 6.07) is 7.67. The van der Waals surface area contributed by atoms with Crippen LogP contribution in [0.15, 0.2) is 24.3 Å². The second kappa shape index (κ2) is 9.03. The van der Waals surface area contributed by atoms with E-state index in [0.29, 0.717) is 25.7 Å². The highest BCUT2D eigenvalue weighted by Crippen LogP contribution is 2.24. The first-order valence-electron chi connectivity index (χ1n) is 9.55. The fraction of sp³-hybridized carbons (Fsp3) is 0.600. The van der Waals surface area contributed by atoms with Gasteiger partial charge in [0.1, 0.15) is 11.7 Å². The normalized spacial score (nSPS) is 19.8. The Hall–Kier alpha value is -2.08. The van der Waals surface area contributed by atoms with E-state index in [1.54, 1.807) is 0 Å². The maximum atomic E-state index is 12.5. The summed E-state index contributed by atoms with van der Waals surface area (Å²) in [5.74, 6) is -0.918. The molecule has 3 rings (SSSR count). The Morgan fingerprint density at radius 3 is 2.38 bits per heavy atom. The van der Waals surface area contributed by atoms with Gasteiger partial charge in [-0.1, -0.05) is 12.1 Å². The van der Waals surface area contributed by atoms with Gasteiger partial charge in [0, 0.05) is 19.3 Å². The summed E-state index contributed by atoms with van der Waals surface area (Å²) in [6.45, 7) is 1.27. The van der Waals surface area contributed by atoms with Gasteiger partial charge in [-0.15, -0.1) is 0 Å². The van der Waals surface area contributed by atoms with Crippen molar-refractivity contribution in [2.75, 3.05) is 13.2 Å². The van der Waals surface area contributed by atoms with Gasteiger partial charge in [0.05, 0.1) is 6.10 Å². The first-order valence-corrected chi connectivity index (χ1v) is 9.55. The number of carbonyl (C=O) groups is 2. The molecule has 2 aliphatic rings. The first kappa shape index (κ1) is 18.7. The second-order valence-electron chi connectivity index (χ2n) is 7.22. The van der Waals surface area contributed by atoms with E-state index in [-0.39, 0.29) is 11.9 Å². The third kappa shape index (κ3) is 5.21. The molecule has 26 heavy (non-hydrogen) atoms. The van der Waals surface area contributed by atoms with Crippen LogP contribution in [-0.4, -0.2) is 37.2 Å². The predicted molar refractivity (Wildman–Crippen MR) is 97.7 cm³/mol. The molecule has 0 radical (unpaired) electrons. The van der Waals surface area contributed by atoms with Crippen LogP contribution in [-0.2, 0) is 20.7 Å². The molecule has 1 saturated heterocycles. The molecule has 0 spiro atoms. The van der Waals surface area contributed by atoms with Gasteiger partial charge in [-0.3, -0.25) is 9.59 Å². The lowest BCUT2D eigenvalue weighted by Crippen LogP contribution is -2.46. The van der Waals surface area contributed by atoms with Crippen molar-refractivity contribution >= 4 is 11.8 Å². The van der Waals surface area contributed by atoms with E-state index in [1.165, 1.54) is 12.8 Å². The Balaban J connectivity index is 1.56. The Labute approximate surface area is 154 Å². The van der Waals surface area contributed by atoms with Crippen molar-refractivity contribution in [3.05, 3.63) is 29.8 Å². The van der Waals surface area contributed by atoms with Gasteiger partial charge in [-0.2, -0.15) is 0 Å². The summed E-state index contributed by atoms with van der Waals surface area (Å²) < 4.78 is 11.2. The number of carbonyl (C=O) groups excluding carboxylic acids is 2. The molecule has 1 heterocycles. The van der Waals surface area contributed by atoms with E-state index < -0.39 is 11.8 Å². The molecule has 142 valence electrons. The number of benzene rings is 1. The molecular weight excluding hydrogens is 332 g/mol. The Morgan fingerprint density at radius 1 is 1.12 bits per heavy atom. The van der Waals surface area contributed by atoms with Crippen LogP contribution in [0.3, 0.4) is 0 Å². The number of amides is 2. The molecule has 1 atom stereocenters. The average molecular weight is 360 g/mol. The van der Waals surface area contributed by atoms with Gasteiger partial charge in [0.15, 0.2) is 0 Å². The number of hydrogen-bond acceptors (Lipinski definition) is 4. The maximum absolute atomic E-state index is 12.5. The SMILES string of the molecule is NC(=O)C(Cc1ccc(OC2CCCC2)cc1)C(=O)NC1CCOCC1. The number of nitrogens with one attached hydrogen (secondary N) is 1. The highest BCUT2D eigenvalue weighted by molar-refractivity contribution is 5.99. The lowest BCUT2D eigenvalue weighted by molar-refractivity contribution is -0.134. The Bertz CT molecular complexity index is 605. The fourth-order valence-electron chi connectivity index (χ4n) is 3.60. The van der Waals surface area contributed by atoms with Gasteiger partial charge in [-0.25, -0.2) is 0 Å². The minimum atomic E-state index is -0.862. The Morgan fingerprint density at radius 2 is 1.77 bits per heavy atom. The molecule has 2 amide bonds. The van der Waals surface area contributed by atoms with Crippen LogP contribution >= 0.6 is 0 Å². The summed E-state index contributed by atoms with van der Waals surface area (Å²) >= 11 is 0. The van der Waals surface area contributed by atoms with E-state index in [1.807, 2.05) is 24.3 Å². The largest absolute Gasteiger partial charge is 0.490 e. The fourth-order valence-corrected chi connectivity index (χ4v) is 3.60. The van der Waals surface area contributed by atoms with Gasteiger partial charge in [0.2, 0.25) is 11.8 Å². The van der Waals surface area contributed by atoms with Crippen LogP contribution in [0.2, 0.25) is 0 Å². The molecule has 6 nitrogen and oxygen atoms in total. The molecule has 1 aliphatic carbocycles. The van der Waals surface area contributed by atoms with Gasteiger partial charge in [0.25, 0.3) is 0 Å².